The Kier molecular flexibility index (Phi) is 6.06. The van der Waals surface area contributed by atoms with Crippen molar-refractivity contribution in [3.63, 3.8) is 0 Å². The lowest BCUT2D eigenvalue weighted by Crippen LogP contribution is -1.97. The third kappa shape index (κ3) is 7.96. The smallest absolute Gasteiger partial charge is 0.0512 e. The minimum absolute atomic E-state index is 0.116. The maximum absolute atomic E-state index is 8.84. The van der Waals surface area contributed by atoms with E-state index in [1.807, 2.05) is 6.92 Å². The SMILES string of the molecule is [CH2]CCCCCC(C)O. The summed E-state index contributed by atoms with van der Waals surface area (Å²) in [7, 11) is 0. The van der Waals surface area contributed by atoms with Gasteiger partial charge < -0.3 is 5.11 Å². The van der Waals surface area contributed by atoms with Crippen molar-refractivity contribution in [1.29, 1.82) is 0 Å². The summed E-state index contributed by atoms with van der Waals surface area (Å²) in [5, 5.41) is 8.84. The molecule has 9 heavy (non-hydrogen) atoms. The van der Waals surface area contributed by atoms with Crippen LogP contribution in [-0.4, -0.2) is 11.2 Å². The van der Waals surface area contributed by atoms with E-state index in [0.29, 0.717) is 0 Å². The van der Waals surface area contributed by atoms with Crippen LogP contribution in [-0.2, 0) is 0 Å². The fraction of sp³-hybridized carbons (Fsp3) is 0.875. The Balaban J connectivity index is 2.75. The zero-order valence-electron chi connectivity index (χ0n) is 6.27. The first-order chi connectivity index (χ1) is 4.27. The first-order valence-electron chi connectivity index (χ1n) is 3.74. The molecular formula is C8H17O. The molecule has 0 heterocycles. The molecule has 0 rings (SSSR count). The highest BCUT2D eigenvalue weighted by molar-refractivity contribution is 4.49. The van der Waals surface area contributed by atoms with Crippen LogP contribution >= 0.6 is 0 Å². The third-order valence-corrected chi connectivity index (χ3v) is 1.37. The fourth-order valence-electron chi connectivity index (χ4n) is 0.793. The second-order valence-corrected chi connectivity index (χ2v) is 2.55. The molecule has 1 atom stereocenters. The van der Waals surface area contributed by atoms with Gasteiger partial charge >= 0.3 is 0 Å². The topological polar surface area (TPSA) is 20.2 Å². The van der Waals surface area contributed by atoms with E-state index in [1.165, 1.54) is 12.8 Å². The summed E-state index contributed by atoms with van der Waals surface area (Å²) < 4.78 is 0. The van der Waals surface area contributed by atoms with Gasteiger partial charge in [-0.3, -0.25) is 0 Å². The predicted octanol–water partition coefficient (Wildman–Crippen LogP) is 2.15. The second kappa shape index (κ2) is 6.09. The minimum Gasteiger partial charge on any atom is -0.393 e. The van der Waals surface area contributed by atoms with Crippen LogP contribution in [0.15, 0.2) is 0 Å². The molecule has 1 radical (unpaired) electrons. The van der Waals surface area contributed by atoms with Crippen LogP contribution < -0.4 is 0 Å². The summed E-state index contributed by atoms with van der Waals surface area (Å²) >= 11 is 0. The lowest BCUT2D eigenvalue weighted by Gasteiger charge is -2.01. The quantitative estimate of drug-likeness (QED) is 0.564. The second-order valence-electron chi connectivity index (χ2n) is 2.55. The normalized spacial score (nSPS) is 13.7. The highest BCUT2D eigenvalue weighted by Gasteiger charge is 1.93. The van der Waals surface area contributed by atoms with E-state index in [2.05, 4.69) is 6.92 Å². The Morgan fingerprint density at radius 2 is 2.00 bits per heavy atom. The summed E-state index contributed by atoms with van der Waals surface area (Å²) in [6.45, 7) is 5.58. The lowest BCUT2D eigenvalue weighted by molar-refractivity contribution is 0.180. The van der Waals surface area contributed by atoms with Crippen molar-refractivity contribution >= 4 is 0 Å². The van der Waals surface area contributed by atoms with Crippen molar-refractivity contribution < 1.29 is 5.11 Å². The van der Waals surface area contributed by atoms with Gasteiger partial charge in [0.05, 0.1) is 6.10 Å². The van der Waals surface area contributed by atoms with E-state index in [-0.39, 0.29) is 6.10 Å². The molecule has 0 fully saturated rings. The molecule has 1 unspecified atom stereocenters. The minimum atomic E-state index is -0.116. The molecule has 0 spiro atoms. The number of hydrogen-bond acceptors (Lipinski definition) is 1. The van der Waals surface area contributed by atoms with E-state index < -0.39 is 0 Å². The fourth-order valence-corrected chi connectivity index (χ4v) is 0.793. The van der Waals surface area contributed by atoms with Gasteiger partial charge in [-0.2, -0.15) is 0 Å². The Labute approximate surface area is 58.1 Å². The Morgan fingerprint density at radius 3 is 2.44 bits per heavy atom. The van der Waals surface area contributed by atoms with Crippen LogP contribution in [0.3, 0.4) is 0 Å². The molecule has 0 aromatic carbocycles. The van der Waals surface area contributed by atoms with Gasteiger partial charge in [-0.25, -0.2) is 0 Å². The Bertz CT molecular complexity index is 50.5. The van der Waals surface area contributed by atoms with Gasteiger partial charge in [-0.05, 0) is 13.3 Å². The van der Waals surface area contributed by atoms with Gasteiger partial charge in [0.2, 0.25) is 0 Å². The molecule has 0 aromatic rings. The van der Waals surface area contributed by atoms with Crippen LogP contribution in [0.4, 0.5) is 0 Å². The van der Waals surface area contributed by atoms with Crippen LogP contribution in [0.5, 0.6) is 0 Å². The predicted molar refractivity (Wildman–Crippen MR) is 40.1 cm³/mol. The molecular weight excluding hydrogens is 112 g/mol. The molecule has 0 aliphatic rings. The highest BCUT2D eigenvalue weighted by Crippen LogP contribution is 2.04. The van der Waals surface area contributed by atoms with E-state index in [0.717, 1.165) is 19.3 Å². The largest absolute Gasteiger partial charge is 0.393 e. The van der Waals surface area contributed by atoms with Crippen LogP contribution in [0, 0.1) is 6.92 Å². The maximum Gasteiger partial charge on any atom is 0.0512 e. The van der Waals surface area contributed by atoms with Crippen LogP contribution in [0.1, 0.15) is 39.0 Å². The van der Waals surface area contributed by atoms with E-state index >= 15 is 0 Å². The number of hydrogen-bond donors (Lipinski definition) is 1. The van der Waals surface area contributed by atoms with Gasteiger partial charge in [0, 0.05) is 0 Å². The highest BCUT2D eigenvalue weighted by atomic mass is 16.3. The van der Waals surface area contributed by atoms with Gasteiger partial charge in [-0.15, -0.1) is 0 Å². The zero-order chi connectivity index (χ0) is 7.11. The van der Waals surface area contributed by atoms with Crippen LogP contribution in [0.2, 0.25) is 0 Å². The third-order valence-electron chi connectivity index (χ3n) is 1.37. The molecule has 1 nitrogen and oxygen atoms in total. The number of aliphatic hydroxyl groups is 1. The molecule has 1 N–H and O–H groups in total. The maximum atomic E-state index is 8.84. The zero-order valence-corrected chi connectivity index (χ0v) is 6.27. The average Bonchev–Trinajstić information content (AvgIpc) is 1.80. The van der Waals surface area contributed by atoms with Gasteiger partial charge in [0.1, 0.15) is 0 Å². The first kappa shape index (κ1) is 8.96. The molecule has 0 aromatic heterocycles. The molecule has 0 saturated carbocycles. The van der Waals surface area contributed by atoms with Crippen LogP contribution in [0.25, 0.3) is 0 Å². The lowest BCUT2D eigenvalue weighted by atomic mass is 10.1. The van der Waals surface area contributed by atoms with Crippen molar-refractivity contribution in [1.82, 2.24) is 0 Å². The number of unbranched alkanes of at least 4 members (excludes halogenated alkanes) is 3. The summed E-state index contributed by atoms with van der Waals surface area (Å²) in [4.78, 5) is 0. The molecule has 0 amide bonds. The van der Waals surface area contributed by atoms with Crippen molar-refractivity contribution in [2.75, 3.05) is 0 Å². The Morgan fingerprint density at radius 1 is 1.33 bits per heavy atom. The van der Waals surface area contributed by atoms with E-state index in [9.17, 15) is 0 Å². The van der Waals surface area contributed by atoms with Gasteiger partial charge in [0.25, 0.3) is 0 Å². The standard InChI is InChI=1S/C8H17O/c1-3-4-5-6-7-8(2)9/h8-9H,1,3-7H2,2H3. The summed E-state index contributed by atoms with van der Waals surface area (Å²) in [6.07, 6.45) is 5.42. The first-order valence-corrected chi connectivity index (χ1v) is 3.74. The monoisotopic (exact) mass is 129 g/mol. The van der Waals surface area contributed by atoms with Crippen molar-refractivity contribution in [3.05, 3.63) is 6.92 Å². The molecule has 0 bridgehead atoms. The summed E-state index contributed by atoms with van der Waals surface area (Å²) in [6, 6.07) is 0. The molecule has 0 aliphatic carbocycles. The molecule has 0 saturated heterocycles. The van der Waals surface area contributed by atoms with Crippen molar-refractivity contribution in [3.8, 4) is 0 Å². The van der Waals surface area contributed by atoms with E-state index in [4.69, 9.17) is 5.11 Å². The van der Waals surface area contributed by atoms with Crippen molar-refractivity contribution in [2.45, 2.75) is 45.1 Å². The molecule has 1 heteroatoms. The Hall–Kier alpha value is -0.0400. The molecule has 0 aliphatic heterocycles. The number of rotatable bonds is 5. The number of aliphatic hydroxyl groups excluding tert-OH is 1. The van der Waals surface area contributed by atoms with Gasteiger partial charge in [-0.1, -0.05) is 32.6 Å². The average molecular weight is 129 g/mol. The van der Waals surface area contributed by atoms with Crippen molar-refractivity contribution in [2.24, 2.45) is 0 Å². The molecule has 55 valence electrons. The van der Waals surface area contributed by atoms with Gasteiger partial charge in [0.15, 0.2) is 0 Å². The van der Waals surface area contributed by atoms with E-state index in [1.54, 1.807) is 0 Å². The summed E-state index contributed by atoms with van der Waals surface area (Å²) in [5.41, 5.74) is 0. The summed E-state index contributed by atoms with van der Waals surface area (Å²) in [5.74, 6) is 0.